The van der Waals surface area contributed by atoms with Crippen LogP contribution in [0.25, 0.3) is 11.1 Å². The molecule has 1 aliphatic heterocycles. The zero-order valence-corrected chi connectivity index (χ0v) is 13.2. The lowest BCUT2D eigenvalue weighted by molar-refractivity contribution is 0.0943. The second kappa shape index (κ2) is 5.85. The monoisotopic (exact) mass is 322 g/mol. The maximum absolute atomic E-state index is 12.5. The van der Waals surface area contributed by atoms with Crippen molar-refractivity contribution in [1.82, 2.24) is 20.8 Å². The number of amides is 1. The Kier molecular flexibility index (Phi) is 4.06. The van der Waals surface area contributed by atoms with Crippen molar-refractivity contribution in [3.63, 3.8) is 0 Å². The maximum Gasteiger partial charge on any atom is 0.259 e. The van der Waals surface area contributed by atoms with Gasteiger partial charge in [-0.05, 0) is 25.8 Å². The number of carbonyl (C=O) groups excluding carboxylic acids is 1. The summed E-state index contributed by atoms with van der Waals surface area (Å²) in [5, 5.41) is 10.9. The molecular weight excluding hydrogens is 304 g/mol. The van der Waals surface area contributed by atoms with Gasteiger partial charge in [0.2, 0.25) is 0 Å². The first-order valence-electron chi connectivity index (χ1n) is 7.48. The average molecular weight is 323 g/mol. The van der Waals surface area contributed by atoms with E-state index in [0.717, 1.165) is 42.7 Å². The lowest BCUT2D eigenvalue weighted by atomic mass is 10.0. The smallest absolute Gasteiger partial charge is 0.259 e. The van der Waals surface area contributed by atoms with Gasteiger partial charge < -0.3 is 15.2 Å². The molecule has 0 bridgehead atoms. The summed E-state index contributed by atoms with van der Waals surface area (Å²) in [6.07, 6.45) is 2.28. The molecule has 7 heteroatoms. The van der Waals surface area contributed by atoms with Crippen LogP contribution in [-0.2, 0) is 0 Å². The third-order valence-electron chi connectivity index (χ3n) is 4.29. The SMILES string of the molecule is Cc1noc2nc(C3CC3)cc(C(=O)NCC3CNC3)c12.Cl. The van der Waals surface area contributed by atoms with Crippen LogP contribution in [0.1, 0.15) is 40.5 Å². The second-order valence-electron chi connectivity index (χ2n) is 6.05. The lowest BCUT2D eigenvalue weighted by Crippen LogP contribution is -2.48. The molecule has 1 saturated carbocycles. The van der Waals surface area contributed by atoms with Crippen LogP contribution in [0.5, 0.6) is 0 Å². The molecule has 0 aromatic carbocycles. The van der Waals surface area contributed by atoms with Crippen LogP contribution >= 0.6 is 12.4 Å². The topological polar surface area (TPSA) is 80.0 Å². The van der Waals surface area contributed by atoms with Gasteiger partial charge in [-0.25, -0.2) is 4.98 Å². The number of nitrogens with one attached hydrogen (secondary N) is 2. The van der Waals surface area contributed by atoms with E-state index in [1.54, 1.807) is 0 Å². The van der Waals surface area contributed by atoms with Crippen molar-refractivity contribution in [2.75, 3.05) is 19.6 Å². The van der Waals surface area contributed by atoms with Gasteiger partial charge >= 0.3 is 0 Å². The number of pyridine rings is 1. The number of rotatable bonds is 4. The summed E-state index contributed by atoms with van der Waals surface area (Å²) in [6.45, 7) is 4.51. The van der Waals surface area contributed by atoms with Crippen LogP contribution in [0.3, 0.4) is 0 Å². The van der Waals surface area contributed by atoms with Gasteiger partial charge in [-0.2, -0.15) is 0 Å². The largest absolute Gasteiger partial charge is 0.352 e. The number of hydrogen-bond donors (Lipinski definition) is 2. The molecule has 0 radical (unpaired) electrons. The predicted molar refractivity (Wildman–Crippen MR) is 84.5 cm³/mol. The quantitative estimate of drug-likeness (QED) is 0.897. The molecule has 1 saturated heterocycles. The standard InChI is InChI=1S/C15H18N4O2.ClH/c1-8-13-11(14(20)17-7-9-5-16-6-9)4-12(10-2-3-10)18-15(13)21-19-8;/h4,9-10,16H,2-3,5-7H2,1H3,(H,17,20);1H. The molecule has 4 rings (SSSR count). The van der Waals surface area contributed by atoms with Crippen LogP contribution in [0.4, 0.5) is 0 Å². The minimum Gasteiger partial charge on any atom is -0.352 e. The van der Waals surface area contributed by atoms with E-state index in [1.165, 1.54) is 0 Å². The fourth-order valence-electron chi connectivity index (χ4n) is 2.71. The highest BCUT2D eigenvalue weighted by molar-refractivity contribution is 6.06. The normalized spacial score (nSPS) is 17.9. The Morgan fingerprint density at radius 3 is 2.86 bits per heavy atom. The molecule has 118 valence electrons. The zero-order chi connectivity index (χ0) is 14.4. The van der Waals surface area contributed by atoms with E-state index in [4.69, 9.17) is 4.52 Å². The van der Waals surface area contributed by atoms with Crippen molar-refractivity contribution < 1.29 is 9.32 Å². The molecule has 22 heavy (non-hydrogen) atoms. The average Bonchev–Trinajstić information content (AvgIpc) is 3.21. The fraction of sp³-hybridized carbons (Fsp3) is 0.533. The molecule has 1 amide bonds. The molecule has 2 aliphatic rings. The van der Waals surface area contributed by atoms with Crippen molar-refractivity contribution >= 4 is 29.4 Å². The van der Waals surface area contributed by atoms with E-state index in [1.807, 2.05) is 13.0 Å². The van der Waals surface area contributed by atoms with E-state index >= 15 is 0 Å². The van der Waals surface area contributed by atoms with E-state index in [-0.39, 0.29) is 18.3 Å². The molecule has 2 fully saturated rings. The number of aromatic nitrogens is 2. The number of halogens is 1. The molecule has 6 nitrogen and oxygen atoms in total. The van der Waals surface area contributed by atoms with Crippen LogP contribution in [0, 0.1) is 12.8 Å². The van der Waals surface area contributed by atoms with Crippen LogP contribution in [0.2, 0.25) is 0 Å². The second-order valence-corrected chi connectivity index (χ2v) is 6.05. The summed E-state index contributed by atoms with van der Waals surface area (Å²) < 4.78 is 5.26. The maximum atomic E-state index is 12.5. The first-order valence-corrected chi connectivity index (χ1v) is 7.48. The first-order chi connectivity index (χ1) is 10.2. The van der Waals surface area contributed by atoms with Gasteiger partial charge in [-0.3, -0.25) is 4.79 Å². The number of hydrogen-bond acceptors (Lipinski definition) is 5. The van der Waals surface area contributed by atoms with Crippen LogP contribution in [0.15, 0.2) is 10.6 Å². The number of nitrogens with zero attached hydrogens (tertiary/aromatic N) is 2. The van der Waals surface area contributed by atoms with Crippen LogP contribution in [-0.4, -0.2) is 35.7 Å². The highest BCUT2D eigenvalue weighted by Gasteiger charge is 2.29. The lowest BCUT2D eigenvalue weighted by Gasteiger charge is -2.27. The summed E-state index contributed by atoms with van der Waals surface area (Å²) in [5.41, 5.74) is 2.80. The van der Waals surface area contributed by atoms with Gasteiger partial charge in [0, 0.05) is 37.2 Å². The molecule has 1 aliphatic carbocycles. The zero-order valence-electron chi connectivity index (χ0n) is 12.4. The Hall–Kier alpha value is -1.66. The van der Waals surface area contributed by atoms with Gasteiger partial charge in [0.15, 0.2) is 0 Å². The molecule has 2 N–H and O–H groups in total. The summed E-state index contributed by atoms with van der Waals surface area (Å²) in [5.74, 6) is 0.961. The highest BCUT2D eigenvalue weighted by Crippen LogP contribution is 2.40. The van der Waals surface area contributed by atoms with E-state index < -0.39 is 0 Å². The molecule has 0 spiro atoms. The predicted octanol–water partition coefficient (Wildman–Crippen LogP) is 1.78. The van der Waals surface area contributed by atoms with E-state index in [0.29, 0.717) is 29.7 Å². The molecule has 0 atom stereocenters. The highest BCUT2D eigenvalue weighted by atomic mass is 35.5. The minimum atomic E-state index is -0.0532. The summed E-state index contributed by atoms with van der Waals surface area (Å²) in [6, 6.07) is 1.92. The Morgan fingerprint density at radius 1 is 1.45 bits per heavy atom. The van der Waals surface area contributed by atoms with Crippen molar-refractivity contribution in [2.45, 2.75) is 25.7 Å². The first kappa shape index (κ1) is 15.2. The summed E-state index contributed by atoms with van der Waals surface area (Å²) >= 11 is 0. The number of fused-ring (bicyclic) bond motifs is 1. The number of aryl methyl sites for hydroxylation is 1. The minimum absolute atomic E-state index is 0. The Balaban J connectivity index is 0.00000144. The van der Waals surface area contributed by atoms with E-state index in [2.05, 4.69) is 20.8 Å². The van der Waals surface area contributed by atoms with Gasteiger partial charge in [0.05, 0.1) is 16.6 Å². The van der Waals surface area contributed by atoms with E-state index in [9.17, 15) is 4.79 Å². The molecule has 2 aromatic heterocycles. The Bertz CT molecular complexity index is 707. The van der Waals surface area contributed by atoms with Gasteiger partial charge in [0.25, 0.3) is 11.6 Å². The summed E-state index contributed by atoms with van der Waals surface area (Å²) in [4.78, 5) is 17.0. The molecular formula is C15H19ClN4O2. The summed E-state index contributed by atoms with van der Waals surface area (Å²) in [7, 11) is 0. The van der Waals surface area contributed by atoms with Gasteiger partial charge in [-0.15, -0.1) is 12.4 Å². The third kappa shape index (κ3) is 2.68. The van der Waals surface area contributed by atoms with Crippen molar-refractivity contribution in [2.24, 2.45) is 5.92 Å². The van der Waals surface area contributed by atoms with Crippen molar-refractivity contribution in [3.8, 4) is 0 Å². The molecule has 3 heterocycles. The fourth-order valence-corrected chi connectivity index (χ4v) is 2.71. The Labute approximate surface area is 134 Å². The van der Waals surface area contributed by atoms with Gasteiger partial charge in [-0.1, -0.05) is 5.16 Å². The van der Waals surface area contributed by atoms with Crippen molar-refractivity contribution in [3.05, 3.63) is 23.0 Å². The van der Waals surface area contributed by atoms with Gasteiger partial charge in [0.1, 0.15) is 0 Å². The third-order valence-corrected chi connectivity index (χ3v) is 4.29. The molecule has 0 unspecified atom stereocenters. The number of carbonyl (C=O) groups is 1. The van der Waals surface area contributed by atoms with Crippen molar-refractivity contribution in [1.29, 1.82) is 0 Å². The van der Waals surface area contributed by atoms with Crippen LogP contribution < -0.4 is 10.6 Å². The molecule has 2 aromatic rings. The Morgan fingerprint density at radius 2 is 2.23 bits per heavy atom.